The average Bonchev–Trinajstić information content (AvgIpc) is 2.52. The number of carbonyl (C=O) groups is 1. The minimum atomic E-state index is -4.73. The highest BCUT2D eigenvalue weighted by Crippen LogP contribution is 2.45. The van der Waals surface area contributed by atoms with E-state index in [-0.39, 0.29) is 30.4 Å². The molecule has 0 unspecified atom stereocenters. The molecule has 0 radical (unpaired) electrons. The third-order valence-corrected chi connectivity index (χ3v) is 4.24. The van der Waals surface area contributed by atoms with Gasteiger partial charge >= 0.3 is 12.3 Å². The molecule has 1 heterocycles. The number of nitrogens with zero attached hydrogens (tertiary/aromatic N) is 1. The van der Waals surface area contributed by atoms with Gasteiger partial charge in [0.15, 0.2) is 0 Å². The summed E-state index contributed by atoms with van der Waals surface area (Å²) in [5, 5.41) is 12.4. The van der Waals surface area contributed by atoms with Crippen molar-refractivity contribution in [3.63, 3.8) is 0 Å². The van der Waals surface area contributed by atoms with E-state index in [2.05, 4.69) is 5.32 Å². The lowest BCUT2D eigenvalue weighted by Crippen LogP contribution is -2.43. The number of nitrogen functional groups attached to an aromatic ring is 1. The van der Waals surface area contributed by atoms with Crippen molar-refractivity contribution < 1.29 is 27.8 Å². The first-order valence-corrected chi connectivity index (χ1v) is 8.79. The van der Waals surface area contributed by atoms with Crippen molar-refractivity contribution in [1.82, 2.24) is 5.32 Å². The molecule has 1 aliphatic heterocycles. The molecule has 0 spiro atoms. The molecular formula is C18H26F3N3O3. The molecule has 0 saturated carbocycles. The third-order valence-electron chi connectivity index (χ3n) is 4.24. The van der Waals surface area contributed by atoms with Crippen LogP contribution in [0.25, 0.3) is 0 Å². The third kappa shape index (κ3) is 5.58. The zero-order chi connectivity index (χ0) is 20.4. The van der Waals surface area contributed by atoms with Crippen molar-refractivity contribution in [3.05, 3.63) is 17.7 Å². The fourth-order valence-electron chi connectivity index (χ4n) is 3.19. The van der Waals surface area contributed by atoms with E-state index in [1.165, 1.54) is 11.0 Å². The molecule has 1 amide bonds. The second kappa shape index (κ2) is 7.74. The van der Waals surface area contributed by atoms with E-state index in [4.69, 9.17) is 10.5 Å². The molecule has 1 aromatic rings. The Morgan fingerprint density at radius 1 is 1.37 bits per heavy atom. The maximum atomic E-state index is 13.4. The number of hydrogen-bond acceptors (Lipinski definition) is 5. The number of phenols is 1. The lowest BCUT2D eigenvalue weighted by atomic mass is 9.96. The molecule has 0 aromatic heterocycles. The number of benzene rings is 1. The average molecular weight is 389 g/mol. The van der Waals surface area contributed by atoms with Gasteiger partial charge in [0, 0.05) is 19.6 Å². The zero-order valence-electron chi connectivity index (χ0n) is 15.7. The molecular weight excluding hydrogens is 363 g/mol. The Kier molecular flexibility index (Phi) is 6.01. The Labute approximate surface area is 156 Å². The van der Waals surface area contributed by atoms with E-state index in [9.17, 15) is 23.1 Å². The molecule has 1 aliphatic rings. The highest BCUT2D eigenvalue weighted by Gasteiger charge is 2.40. The number of anilines is 2. The van der Waals surface area contributed by atoms with Crippen LogP contribution in [0.4, 0.5) is 29.3 Å². The number of hydrogen-bond donors (Lipinski definition) is 3. The lowest BCUT2D eigenvalue weighted by molar-refractivity contribution is -0.138. The molecule has 152 valence electrons. The standard InChI is InChI=1S/C18H26F3N3O3/c1-17(2,3)27-16(26)23-9-11-5-4-8-24(10-11)15-12(22)6-7-13(25)14(15)18(19,20)21/h6-7,11,25H,4-5,8-10,22H2,1-3H3,(H,23,26)/t11-/m0/s1. The van der Waals surface area contributed by atoms with Crippen LogP contribution in [0, 0.1) is 5.92 Å². The quantitative estimate of drug-likeness (QED) is 0.542. The number of aromatic hydroxyl groups is 1. The number of rotatable bonds is 3. The van der Waals surface area contributed by atoms with Crippen molar-refractivity contribution in [2.45, 2.75) is 45.4 Å². The first kappa shape index (κ1) is 21.0. The molecule has 0 bridgehead atoms. The van der Waals surface area contributed by atoms with Crippen molar-refractivity contribution in [2.75, 3.05) is 30.3 Å². The number of carbonyl (C=O) groups excluding carboxylic acids is 1. The first-order chi connectivity index (χ1) is 12.4. The summed E-state index contributed by atoms with van der Waals surface area (Å²) in [6, 6.07) is 2.22. The Balaban J connectivity index is 2.13. The topological polar surface area (TPSA) is 87.8 Å². The van der Waals surface area contributed by atoms with Gasteiger partial charge < -0.3 is 25.8 Å². The first-order valence-electron chi connectivity index (χ1n) is 8.79. The summed E-state index contributed by atoms with van der Waals surface area (Å²) in [5.41, 5.74) is 3.82. The van der Waals surface area contributed by atoms with Gasteiger partial charge in [-0.1, -0.05) is 0 Å². The maximum absolute atomic E-state index is 13.4. The molecule has 1 aromatic carbocycles. The van der Waals surface area contributed by atoms with Gasteiger partial charge in [-0.3, -0.25) is 0 Å². The smallest absolute Gasteiger partial charge is 0.422 e. The van der Waals surface area contributed by atoms with Gasteiger partial charge in [0.2, 0.25) is 0 Å². The van der Waals surface area contributed by atoms with E-state index in [0.29, 0.717) is 13.0 Å². The summed E-state index contributed by atoms with van der Waals surface area (Å²) < 4.78 is 45.5. The normalized spacial score (nSPS) is 18.3. The minimum absolute atomic E-state index is 0.0409. The predicted molar refractivity (Wildman–Crippen MR) is 96.7 cm³/mol. The fourth-order valence-corrected chi connectivity index (χ4v) is 3.19. The number of alkyl carbamates (subject to hydrolysis) is 1. The summed E-state index contributed by atoms with van der Waals surface area (Å²) in [4.78, 5) is 13.3. The van der Waals surface area contributed by atoms with Gasteiger partial charge in [0.25, 0.3) is 0 Å². The molecule has 9 heteroatoms. The predicted octanol–water partition coefficient (Wildman–Crippen LogP) is 3.73. The van der Waals surface area contributed by atoms with Gasteiger partial charge in [0.05, 0.1) is 11.4 Å². The molecule has 1 atom stereocenters. The van der Waals surface area contributed by atoms with Crippen molar-refractivity contribution in [2.24, 2.45) is 5.92 Å². The highest BCUT2D eigenvalue weighted by molar-refractivity contribution is 5.75. The Bertz CT molecular complexity index is 687. The Morgan fingerprint density at radius 3 is 2.63 bits per heavy atom. The molecule has 27 heavy (non-hydrogen) atoms. The van der Waals surface area contributed by atoms with Crippen LogP contribution in [-0.2, 0) is 10.9 Å². The summed E-state index contributed by atoms with van der Waals surface area (Å²) >= 11 is 0. The van der Waals surface area contributed by atoms with Gasteiger partial charge in [-0.25, -0.2) is 4.79 Å². The van der Waals surface area contributed by atoms with Gasteiger partial charge in [-0.05, 0) is 51.7 Å². The zero-order valence-corrected chi connectivity index (χ0v) is 15.7. The van der Waals surface area contributed by atoms with Crippen LogP contribution in [-0.4, -0.2) is 36.4 Å². The number of nitrogens with two attached hydrogens (primary N) is 1. The van der Waals surface area contributed by atoms with Crippen LogP contribution < -0.4 is 16.0 Å². The number of ether oxygens (including phenoxy) is 1. The molecule has 1 saturated heterocycles. The van der Waals surface area contributed by atoms with Crippen LogP contribution >= 0.6 is 0 Å². The van der Waals surface area contributed by atoms with E-state index in [1.54, 1.807) is 20.8 Å². The van der Waals surface area contributed by atoms with E-state index in [0.717, 1.165) is 12.5 Å². The van der Waals surface area contributed by atoms with E-state index in [1.807, 2.05) is 0 Å². The summed E-state index contributed by atoms with van der Waals surface area (Å²) in [6.45, 7) is 6.20. The van der Waals surface area contributed by atoms with Crippen molar-refractivity contribution >= 4 is 17.5 Å². The summed E-state index contributed by atoms with van der Waals surface area (Å²) in [6.07, 6.45) is -3.89. The fraction of sp³-hybridized carbons (Fsp3) is 0.611. The maximum Gasteiger partial charge on any atom is 0.422 e. The number of halogens is 3. The molecule has 2 rings (SSSR count). The van der Waals surface area contributed by atoms with Crippen LogP contribution in [0.3, 0.4) is 0 Å². The van der Waals surface area contributed by atoms with Crippen LogP contribution in [0.1, 0.15) is 39.2 Å². The minimum Gasteiger partial charge on any atom is -0.507 e. The summed E-state index contributed by atoms with van der Waals surface area (Å²) in [7, 11) is 0. The SMILES string of the molecule is CC(C)(C)OC(=O)NC[C@@H]1CCCN(c2c(N)ccc(O)c2C(F)(F)F)C1. The number of piperidine rings is 1. The summed E-state index contributed by atoms with van der Waals surface area (Å²) in [5.74, 6) is -0.908. The monoisotopic (exact) mass is 389 g/mol. The largest absolute Gasteiger partial charge is 0.507 e. The molecule has 4 N–H and O–H groups in total. The van der Waals surface area contributed by atoms with E-state index < -0.39 is 29.2 Å². The molecule has 0 aliphatic carbocycles. The molecule has 1 fully saturated rings. The highest BCUT2D eigenvalue weighted by atomic mass is 19.4. The van der Waals surface area contributed by atoms with Crippen LogP contribution in [0.15, 0.2) is 12.1 Å². The Hall–Kier alpha value is -2.32. The van der Waals surface area contributed by atoms with Gasteiger partial charge in [-0.15, -0.1) is 0 Å². The number of phenolic OH excluding ortho intramolecular Hbond substituents is 1. The van der Waals surface area contributed by atoms with E-state index >= 15 is 0 Å². The van der Waals surface area contributed by atoms with Crippen LogP contribution in [0.2, 0.25) is 0 Å². The number of nitrogens with one attached hydrogen (secondary N) is 1. The number of amides is 1. The molecule has 6 nitrogen and oxygen atoms in total. The Morgan fingerprint density at radius 2 is 2.04 bits per heavy atom. The van der Waals surface area contributed by atoms with Crippen molar-refractivity contribution in [1.29, 1.82) is 0 Å². The van der Waals surface area contributed by atoms with Crippen molar-refractivity contribution in [3.8, 4) is 5.75 Å². The second-order valence-electron chi connectivity index (χ2n) is 7.73. The number of alkyl halides is 3. The second-order valence-corrected chi connectivity index (χ2v) is 7.73. The van der Waals surface area contributed by atoms with Crippen LogP contribution in [0.5, 0.6) is 5.75 Å². The van der Waals surface area contributed by atoms with Gasteiger partial charge in [-0.2, -0.15) is 13.2 Å². The van der Waals surface area contributed by atoms with Gasteiger partial charge in [0.1, 0.15) is 16.9 Å². The lowest BCUT2D eigenvalue weighted by Gasteiger charge is -2.36.